The van der Waals surface area contributed by atoms with Crippen molar-refractivity contribution in [3.63, 3.8) is 0 Å². The van der Waals surface area contributed by atoms with E-state index in [1.165, 1.54) is 17.7 Å². The number of nitrogens with one attached hydrogen (secondary N) is 1. The number of ether oxygens (including phenoxy) is 1. The Hall–Kier alpha value is -2.36. The van der Waals surface area contributed by atoms with Crippen molar-refractivity contribution >= 4 is 5.91 Å². The van der Waals surface area contributed by atoms with Crippen LogP contribution in [-0.4, -0.2) is 19.1 Å². The number of halogens is 1. The van der Waals surface area contributed by atoms with Crippen LogP contribution < -0.4 is 10.1 Å². The van der Waals surface area contributed by atoms with E-state index in [1.54, 1.807) is 6.07 Å². The van der Waals surface area contributed by atoms with Crippen LogP contribution in [0.5, 0.6) is 5.75 Å². The molecule has 1 amide bonds. The minimum absolute atomic E-state index is 0.0183. The summed E-state index contributed by atoms with van der Waals surface area (Å²) >= 11 is 0. The third-order valence-electron chi connectivity index (χ3n) is 3.74. The first-order valence-corrected chi connectivity index (χ1v) is 7.46. The second-order valence-corrected chi connectivity index (χ2v) is 5.45. The number of rotatable bonds is 5. The van der Waals surface area contributed by atoms with Crippen LogP contribution in [-0.2, 0) is 24.1 Å². The molecule has 0 fully saturated rings. The van der Waals surface area contributed by atoms with Gasteiger partial charge >= 0.3 is 0 Å². The molecule has 2 aromatic rings. The molecule has 1 aliphatic rings. The van der Waals surface area contributed by atoms with Crippen molar-refractivity contribution < 1.29 is 13.9 Å². The SMILES string of the molecule is O=C(Cc1ccc2c(c1)CCO2)NCCc1cccc(F)c1. The van der Waals surface area contributed by atoms with E-state index < -0.39 is 0 Å². The summed E-state index contributed by atoms with van der Waals surface area (Å²) in [6.45, 7) is 1.23. The molecule has 1 heterocycles. The van der Waals surface area contributed by atoms with Crippen molar-refractivity contribution in [1.82, 2.24) is 5.32 Å². The summed E-state index contributed by atoms with van der Waals surface area (Å²) in [7, 11) is 0. The molecule has 3 rings (SSSR count). The molecule has 1 aliphatic heterocycles. The molecule has 0 saturated carbocycles. The molecule has 2 aromatic carbocycles. The molecule has 114 valence electrons. The van der Waals surface area contributed by atoms with Gasteiger partial charge in [-0.3, -0.25) is 4.79 Å². The number of hydrogen-bond acceptors (Lipinski definition) is 2. The van der Waals surface area contributed by atoms with Crippen LogP contribution >= 0.6 is 0 Å². The number of hydrogen-bond donors (Lipinski definition) is 1. The van der Waals surface area contributed by atoms with Crippen LogP contribution in [0.15, 0.2) is 42.5 Å². The lowest BCUT2D eigenvalue weighted by Crippen LogP contribution is -2.27. The molecule has 0 aromatic heterocycles. The third-order valence-corrected chi connectivity index (χ3v) is 3.74. The number of carbonyl (C=O) groups is 1. The summed E-state index contributed by atoms with van der Waals surface area (Å²) < 4.78 is 18.5. The van der Waals surface area contributed by atoms with Crippen LogP contribution in [0.4, 0.5) is 4.39 Å². The number of benzene rings is 2. The van der Waals surface area contributed by atoms with Crippen molar-refractivity contribution in [3.05, 3.63) is 65.0 Å². The monoisotopic (exact) mass is 299 g/mol. The normalized spacial score (nSPS) is 12.6. The van der Waals surface area contributed by atoms with Gasteiger partial charge in [-0.05, 0) is 41.3 Å². The second-order valence-electron chi connectivity index (χ2n) is 5.45. The number of carbonyl (C=O) groups excluding carboxylic acids is 1. The first kappa shape index (κ1) is 14.6. The molecule has 1 N–H and O–H groups in total. The average Bonchev–Trinajstić information content (AvgIpc) is 2.95. The van der Waals surface area contributed by atoms with Gasteiger partial charge in [-0.1, -0.05) is 24.3 Å². The molecule has 0 saturated heterocycles. The molecule has 3 nitrogen and oxygen atoms in total. The van der Waals surface area contributed by atoms with Gasteiger partial charge in [0.15, 0.2) is 0 Å². The molecule has 22 heavy (non-hydrogen) atoms. The Balaban J connectivity index is 1.48. The van der Waals surface area contributed by atoms with Crippen molar-refractivity contribution in [1.29, 1.82) is 0 Å². The van der Waals surface area contributed by atoms with E-state index in [-0.39, 0.29) is 11.7 Å². The zero-order valence-electron chi connectivity index (χ0n) is 12.3. The first-order valence-electron chi connectivity index (χ1n) is 7.46. The highest BCUT2D eigenvalue weighted by Gasteiger charge is 2.13. The molecule has 0 radical (unpaired) electrons. The van der Waals surface area contributed by atoms with E-state index in [9.17, 15) is 9.18 Å². The molecule has 0 spiro atoms. The Bertz CT molecular complexity index is 685. The van der Waals surface area contributed by atoms with E-state index in [0.717, 1.165) is 29.9 Å². The van der Waals surface area contributed by atoms with Crippen LogP contribution in [0, 0.1) is 5.82 Å². The molecule has 0 atom stereocenters. The summed E-state index contributed by atoms with van der Waals surface area (Å²) in [6, 6.07) is 12.3. The smallest absolute Gasteiger partial charge is 0.224 e. The standard InChI is InChI=1S/C18H18FNO2/c19-16-3-1-2-13(11-16)6-8-20-18(21)12-14-4-5-17-15(10-14)7-9-22-17/h1-5,10-11H,6-9,12H2,(H,20,21). The van der Waals surface area contributed by atoms with Crippen LogP contribution in [0.1, 0.15) is 16.7 Å². The Morgan fingerprint density at radius 2 is 2.09 bits per heavy atom. The van der Waals surface area contributed by atoms with Gasteiger partial charge in [0.25, 0.3) is 0 Å². The van der Waals surface area contributed by atoms with Crippen molar-refractivity contribution in [2.45, 2.75) is 19.3 Å². The third kappa shape index (κ3) is 3.64. The van der Waals surface area contributed by atoms with Gasteiger partial charge in [-0.15, -0.1) is 0 Å². The minimum atomic E-state index is -0.246. The van der Waals surface area contributed by atoms with Crippen molar-refractivity contribution in [2.24, 2.45) is 0 Å². The largest absolute Gasteiger partial charge is 0.493 e. The first-order chi connectivity index (χ1) is 10.7. The predicted octanol–water partition coefficient (Wildman–Crippen LogP) is 2.66. The molecular weight excluding hydrogens is 281 g/mol. The van der Waals surface area contributed by atoms with E-state index in [1.807, 2.05) is 24.3 Å². The maximum atomic E-state index is 13.1. The predicted molar refractivity (Wildman–Crippen MR) is 82.5 cm³/mol. The molecule has 0 bridgehead atoms. The Kier molecular flexibility index (Phi) is 4.37. The summed E-state index contributed by atoms with van der Waals surface area (Å²) in [5, 5.41) is 2.87. The highest BCUT2D eigenvalue weighted by molar-refractivity contribution is 5.78. The summed E-state index contributed by atoms with van der Waals surface area (Å²) in [5.41, 5.74) is 3.05. The molecular formula is C18H18FNO2. The van der Waals surface area contributed by atoms with Gasteiger partial charge in [0.2, 0.25) is 5.91 Å². The fourth-order valence-electron chi connectivity index (χ4n) is 2.64. The average molecular weight is 299 g/mol. The van der Waals surface area contributed by atoms with Crippen molar-refractivity contribution in [2.75, 3.05) is 13.2 Å². The topological polar surface area (TPSA) is 38.3 Å². The Morgan fingerprint density at radius 1 is 1.18 bits per heavy atom. The quantitative estimate of drug-likeness (QED) is 0.922. The fourth-order valence-corrected chi connectivity index (χ4v) is 2.64. The Labute approximate surface area is 129 Å². The Morgan fingerprint density at radius 3 is 2.95 bits per heavy atom. The summed E-state index contributed by atoms with van der Waals surface area (Å²) in [4.78, 5) is 12.0. The van der Waals surface area contributed by atoms with Gasteiger partial charge in [0.05, 0.1) is 13.0 Å². The van der Waals surface area contributed by atoms with Gasteiger partial charge < -0.3 is 10.1 Å². The summed E-state index contributed by atoms with van der Waals surface area (Å²) in [6.07, 6.45) is 1.89. The maximum absolute atomic E-state index is 13.1. The minimum Gasteiger partial charge on any atom is -0.493 e. The molecule has 4 heteroatoms. The summed E-state index contributed by atoms with van der Waals surface area (Å²) in [5.74, 6) is 0.662. The van der Waals surface area contributed by atoms with Gasteiger partial charge in [0.1, 0.15) is 11.6 Å². The van der Waals surface area contributed by atoms with Crippen LogP contribution in [0.2, 0.25) is 0 Å². The zero-order valence-corrected chi connectivity index (χ0v) is 12.3. The highest BCUT2D eigenvalue weighted by atomic mass is 19.1. The number of fused-ring (bicyclic) bond motifs is 1. The lowest BCUT2D eigenvalue weighted by molar-refractivity contribution is -0.120. The van der Waals surface area contributed by atoms with Crippen LogP contribution in [0.3, 0.4) is 0 Å². The van der Waals surface area contributed by atoms with Gasteiger partial charge in [-0.2, -0.15) is 0 Å². The maximum Gasteiger partial charge on any atom is 0.224 e. The lowest BCUT2D eigenvalue weighted by Gasteiger charge is -2.07. The number of amides is 1. The molecule has 0 unspecified atom stereocenters. The zero-order chi connectivity index (χ0) is 15.4. The lowest BCUT2D eigenvalue weighted by atomic mass is 10.1. The van der Waals surface area contributed by atoms with E-state index >= 15 is 0 Å². The van der Waals surface area contributed by atoms with E-state index in [0.29, 0.717) is 19.4 Å². The van der Waals surface area contributed by atoms with Crippen LogP contribution in [0.25, 0.3) is 0 Å². The fraction of sp³-hybridized carbons (Fsp3) is 0.278. The van der Waals surface area contributed by atoms with Crippen molar-refractivity contribution in [3.8, 4) is 5.75 Å². The second kappa shape index (κ2) is 6.60. The van der Waals surface area contributed by atoms with Gasteiger partial charge in [0, 0.05) is 13.0 Å². The highest BCUT2D eigenvalue weighted by Crippen LogP contribution is 2.25. The van der Waals surface area contributed by atoms with Gasteiger partial charge in [-0.25, -0.2) is 4.39 Å². The van der Waals surface area contributed by atoms with E-state index in [2.05, 4.69) is 5.32 Å². The molecule has 0 aliphatic carbocycles. The van der Waals surface area contributed by atoms with E-state index in [4.69, 9.17) is 4.74 Å².